The Kier molecular flexibility index (Phi) is 2.48. The molecule has 6 heteroatoms. The molecule has 0 aliphatic carbocycles. The number of amides is 1. The number of hydrogen-bond acceptors (Lipinski definition) is 3. The van der Waals surface area contributed by atoms with Gasteiger partial charge in [-0.15, -0.1) is 0 Å². The predicted molar refractivity (Wildman–Crippen MR) is 45.5 cm³/mol. The Morgan fingerprint density at radius 2 is 2.15 bits per heavy atom. The highest BCUT2D eigenvalue weighted by Crippen LogP contribution is 2.24. The molecule has 0 unspecified atom stereocenters. The Hall–Kier alpha value is -1.62. The van der Waals surface area contributed by atoms with Gasteiger partial charge in [0.2, 0.25) is 0 Å². The third kappa shape index (κ3) is 1.94. The van der Waals surface area contributed by atoms with Gasteiger partial charge in [0.05, 0.1) is 4.92 Å². The van der Waals surface area contributed by atoms with E-state index in [0.717, 1.165) is 6.07 Å². The van der Waals surface area contributed by atoms with Crippen LogP contribution in [0.15, 0.2) is 18.2 Å². The van der Waals surface area contributed by atoms with Gasteiger partial charge in [0.25, 0.3) is 11.6 Å². The second-order valence-electron chi connectivity index (χ2n) is 2.25. The van der Waals surface area contributed by atoms with Crippen LogP contribution in [-0.2, 0) is 0 Å². The molecule has 13 heavy (non-hydrogen) atoms. The van der Waals surface area contributed by atoms with Gasteiger partial charge in [0.15, 0.2) is 0 Å². The topological polar surface area (TPSA) is 84.0 Å². The normalized spacial score (nSPS) is 9.62. The Morgan fingerprint density at radius 3 is 2.62 bits per heavy atom. The van der Waals surface area contributed by atoms with E-state index in [1.165, 1.54) is 12.1 Å². The van der Waals surface area contributed by atoms with Crippen molar-refractivity contribution in [3.63, 3.8) is 0 Å². The lowest BCUT2D eigenvalue weighted by atomic mass is 10.2. The summed E-state index contributed by atoms with van der Waals surface area (Å²) >= 11 is 5.48. The lowest BCUT2D eigenvalue weighted by Gasteiger charge is -1.96. The number of hydrogen-bond donors (Lipinski definition) is 0. The van der Waals surface area contributed by atoms with Crippen molar-refractivity contribution in [2.24, 2.45) is 0 Å². The number of benzene rings is 1. The molecule has 0 atom stereocenters. The summed E-state index contributed by atoms with van der Waals surface area (Å²) in [7, 11) is 0. The molecule has 0 aliphatic heterocycles. The largest absolute Gasteiger partial charge is 0.288 e. The minimum Gasteiger partial charge on any atom is -0.267 e. The second kappa shape index (κ2) is 3.40. The minimum atomic E-state index is -0.972. The Balaban J connectivity index is 3.27. The average Bonchev–Trinajstić information content (AvgIpc) is 2.04. The van der Waals surface area contributed by atoms with E-state index in [2.05, 4.69) is 0 Å². The van der Waals surface area contributed by atoms with Gasteiger partial charge < -0.3 is 0 Å². The van der Waals surface area contributed by atoms with Crippen molar-refractivity contribution < 1.29 is 9.72 Å². The number of nitrogens with one attached hydrogen (secondary N) is 1. The first-order valence-corrected chi connectivity index (χ1v) is 3.60. The Labute approximate surface area is 78.3 Å². The van der Waals surface area contributed by atoms with Gasteiger partial charge in [-0.2, -0.15) is 0 Å². The van der Waals surface area contributed by atoms with Crippen LogP contribution < -0.4 is 5.73 Å². The highest BCUT2D eigenvalue weighted by atomic mass is 35.5. The van der Waals surface area contributed by atoms with Crippen molar-refractivity contribution in [2.75, 3.05) is 0 Å². The molecule has 0 aromatic heterocycles. The zero-order chi connectivity index (χ0) is 10.0. The molecule has 1 aromatic rings. The molecular formula is C7H4ClN2O3. The maximum absolute atomic E-state index is 10.5. The summed E-state index contributed by atoms with van der Waals surface area (Å²) in [5.41, 5.74) is 6.32. The summed E-state index contributed by atoms with van der Waals surface area (Å²) < 4.78 is 0. The van der Waals surface area contributed by atoms with Crippen molar-refractivity contribution >= 4 is 23.2 Å². The summed E-state index contributed by atoms with van der Waals surface area (Å²) in [6.45, 7) is 0. The first-order chi connectivity index (χ1) is 6.02. The van der Waals surface area contributed by atoms with E-state index in [4.69, 9.17) is 17.3 Å². The van der Waals surface area contributed by atoms with Crippen LogP contribution in [0.1, 0.15) is 10.4 Å². The van der Waals surface area contributed by atoms with Crippen LogP contribution >= 0.6 is 11.6 Å². The highest BCUT2D eigenvalue weighted by molar-refractivity contribution is 6.32. The quantitative estimate of drug-likeness (QED) is 0.536. The van der Waals surface area contributed by atoms with Crippen LogP contribution in [-0.4, -0.2) is 10.8 Å². The number of nitrogens with zero attached hydrogens (tertiary/aromatic N) is 1. The molecule has 0 fully saturated rings. The summed E-state index contributed by atoms with van der Waals surface area (Å²) in [5.74, 6) is -0.972. The van der Waals surface area contributed by atoms with Gasteiger partial charge in [-0.1, -0.05) is 11.6 Å². The number of nitro groups is 1. The van der Waals surface area contributed by atoms with Crippen molar-refractivity contribution in [3.8, 4) is 0 Å². The molecule has 1 amide bonds. The number of carbonyl (C=O) groups is 1. The van der Waals surface area contributed by atoms with Gasteiger partial charge in [0.1, 0.15) is 5.02 Å². The molecule has 0 bridgehead atoms. The number of rotatable bonds is 2. The molecular weight excluding hydrogens is 196 g/mol. The smallest absolute Gasteiger partial charge is 0.267 e. The number of nitro benzene ring substituents is 1. The molecule has 1 rings (SSSR count). The predicted octanol–water partition coefficient (Wildman–Crippen LogP) is 1.67. The van der Waals surface area contributed by atoms with Crippen LogP contribution in [0.2, 0.25) is 5.02 Å². The lowest BCUT2D eigenvalue weighted by Crippen LogP contribution is -2.00. The third-order valence-corrected chi connectivity index (χ3v) is 1.72. The summed E-state index contributed by atoms with van der Waals surface area (Å²) in [5, 5.41) is 10.3. The monoisotopic (exact) mass is 199 g/mol. The van der Waals surface area contributed by atoms with Crippen molar-refractivity contribution in [3.05, 3.63) is 38.9 Å². The maximum Gasteiger partial charge on any atom is 0.288 e. The van der Waals surface area contributed by atoms with E-state index in [-0.39, 0.29) is 16.3 Å². The van der Waals surface area contributed by atoms with Crippen molar-refractivity contribution in [1.82, 2.24) is 5.73 Å². The first kappa shape index (κ1) is 9.47. The van der Waals surface area contributed by atoms with Crippen LogP contribution in [0.4, 0.5) is 5.69 Å². The highest BCUT2D eigenvalue weighted by Gasteiger charge is 2.14. The molecule has 0 heterocycles. The molecule has 0 aliphatic rings. The van der Waals surface area contributed by atoms with Crippen LogP contribution in [0, 0.1) is 10.1 Å². The van der Waals surface area contributed by atoms with Crippen molar-refractivity contribution in [2.45, 2.75) is 0 Å². The molecule has 1 aromatic carbocycles. The lowest BCUT2D eigenvalue weighted by molar-refractivity contribution is -0.384. The zero-order valence-electron chi connectivity index (χ0n) is 6.28. The fourth-order valence-electron chi connectivity index (χ4n) is 0.794. The maximum atomic E-state index is 10.5. The van der Waals surface area contributed by atoms with Crippen LogP contribution in [0.3, 0.4) is 0 Å². The third-order valence-electron chi connectivity index (χ3n) is 1.41. The van der Waals surface area contributed by atoms with Gasteiger partial charge in [-0.25, -0.2) is 0 Å². The molecule has 1 N–H and O–H groups in total. The average molecular weight is 200 g/mol. The zero-order valence-corrected chi connectivity index (χ0v) is 7.04. The molecule has 67 valence electrons. The van der Waals surface area contributed by atoms with Gasteiger partial charge in [-0.3, -0.25) is 20.6 Å². The minimum absolute atomic E-state index is 0.0453. The van der Waals surface area contributed by atoms with E-state index in [1.54, 1.807) is 0 Å². The number of halogens is 1. The van der Waals surface area contributed by atoms with E-state index in [1.807, 2.05) is 0 Å². The van der Waals surface area contributed by atoms with E-state index in [0.29, 0.717) is 0 Å². The van der Waals surface area contributed by atoms with Crippen LogP contribution in [0.25, 0.3) is 0 Å². The first-order valence-electron chi connectivity index (χ1n) is 3.22. The molecule has 0 spiro atoms. The standard InChI is InChI=1S/C7H4ClN2O3/c8-5-2-1-4(7(9)11)3-6(5)10(12)13/h1-3,9H. The Morgan fingerprint density at radius 1 is 1.54 bits per heavy atom. The molecule has 0 saturated carbocycles. The molecule has 5 nitrogen and oxygen atoms in total. The van der Waals surface area contributed by atoms with Gasteiger partial charge in [0, 0.05) is 11.6 Å². The van der Waals surface area contributed by atoms with E-state index >= 15 is 0 Å². The molecule has 0 saturated heterocycles. The summed E-state index contributed by atoms with van der Waals surface area (Å²) in [6.07, 6.45) is 0. The fourth-order valence-corrected chi connectivity index (χ4v) is 0.980. The summed E-state index contributed by atoms with van der Waals surface area (Å²) in [6, 6.07) is 3.48. The SMILES string of the molecule is [NH]C(=O)c1ccc(Cl)c([N+](=O)[O-])c1. The summed E-state index contributed by atoms with van der Waals surface area (Å²) in [4.78, 5) is 20.2. The van der Waals surface area contributed by atoms with Gasteiger partial charge in [-0.05, 0) is 12.1 Å². The van der Waals surface area contributed by atoms with E-state index in [9.17, 15) is 14.9 Å². The van der Waals surface area contributed by atoms with Gasteiger partial charge >= 0.3 is 0 Å². The van der Waals surface area contributed by atoms with Crippen LogP contribution in [0.5, 0.6) is 0 Å². The molecule has 1 radical (unpaired) electrons. The number of carbonyl (C=O) groups excluding carboxylic acids is 1. The van der Waals surface area contributed by atoms with E-state index < -0.39 is 10.8 Å². The Bertz CT molecular complexity index is 378. The fraction of sp³-hybridized carbons (Fsp3) is 0. The van der Waals surface area contributed by atoms with Crippen molar-refractivity contribution in [1.29, 1.82) is 0 Å². The second-order valence-corrected chi connectivity index (χ2v) is 2.66.